The summed E-state index contributed by atoms with van der Waals surface area (Å²) in [7, 11) is 2.03. The number of carbonyl (C=O) groups is 1. The zero-order valence-electron chi connectivity index (χ0n) is 14.9. The molecule has 0 saturated carbocycles. The minimum Gasteiger partial charge on any atom is -0.448 e. The fourth-order valence-corrected chi connectivity index (χ4v) is 3.55. The van der Waals surface area contributed by atoms with Gasteiger partial charge >= 0.3 is 6.09 Å². The second kappa shape index (κ2) is 8.06. The average molecular weight is 377 g/mol. The van der Waals surface area contributed by atoms with Gasteiger partial charge in [-0.05, 0) is 74.8 Å². The van der Waals surface area contributed by atoms with Crippen molar-refractivity contribution in [1.82, 2.24) is 4.90 Å². The lowest BCUT2D eigenvalue weighted by molar-refractivity contribution is 0.127. The van der Waals surface area contributed by atoms with Crippen molar-refractivity contribution in [3.05, 3.63) is 52.8 Å². The van der Waals surface area contributed by atoms with Gasteiger partial charge in [-0.1, -0.05) is 17.7 Å². The van der Waals surface area contributed by atoms with Crippen LogP contribution in [0.25, 0.3) is 11.1 Å². The number of benzene rings is 2. The number of aryl methyl sites for hydroxylation is 1. The van der Waals surface area contributed by atoms with Gasteiger partial charge in [0.2, 0.25) is 0 Å². The van der Waals surface area contributed by atoms with Crippen molar-refractivity contribution >= 4 is 23.4 Å². The molecule has 0 unspecified atom stereocenters. The summed E-state index contributed by atoms with van der Waals surface area (Å²) in [6.45, 7) is 3.27. The third kappa shape index (κ3) is 4.54. The van der Waals surface area contributed by atoms with Gasteiger partial charge in [-0.3, -0.25) is 5.32 Å². The molecule has 1 aliphatic rings. The van der Waals surface area contributed by atoms with Crippen LogP contribution >= 0.6 is 11.6 Å². The third-order valence-electron chi connectivity index (χ3n) is 4.65. The number of hydrogen-bond acceptors (Lipinski definition) is 3. The Kier molecular flexibility index (Phi) is 5.79. The van der Waals surface area contributed by atoms with E-state index in [1.807, 2.05) is 26.1 Å². The maximum absolute atomic E-state index is 13.8. The third-order valence-corrected chi connectivity index (χ3v) is 4.87. The van der Waals surface area contributed by atoms with Crippen molar-refractivity contribution in [3.8, 4) is 11.1 Å². The molecular formula is C20H22ClFN2O2. The molecule has 1 N–H and O–H groups in total. The molecule has 6 heteroatoms. The molecule has 1 amide bonds. The van der Waals surface area contributed by atoms with Gasteiger partial charge in [0.05, 0.1) is 5.69 Å². The second-order valence-electron chi connectivity index (χ2n) is 6.71. The summed E-state index contributed by atoms with van der Waals surface area (Å²) in [6, 6.07) is 9.93. The fourth-order valence-electron chi connectivity index (χ4n) is 3.26. The highest BCUT2D eigenvalue weighted by Gasteiger charge is 2.22. The van der Waals surface area contributed by atoms with E-state index in [2.05, 4.69) is 10.2 Å². The number of rotatable bonds is 4. The molecule has 0 bridgehead atoms. The number of nitrogens with zero attached hydrogens (tertiary/aromatic N) is 1. The SMILES string of the molecule is Cc1cc(Cl)cc(-c2cc(F)ccc2NC(=O)OC[C@@H]2CCCN2C)c1. The quantitative estimate of drug-likeness (QED) is 0.807. The summed E-state index contributed by atoms with van der Waals surface area (Å²) >= 11 is 6.12. The van der Waals surface area contributed by atoms with Gasteiger partial charge in [-0.25, -0.2) is 9.18 Å². The van der Waals surface area contributed by atoms with Crippen molar-refractivity contribution in [2.24, 2.45) is 0 Å². The molecule has 0 aromatic heterocycles. The normalized spacial score (nSPS) is 17.3. The number of halogens is 2. The van der Waals surface area contributed by atoms with Crippen molar-refractivity contribution in [2.45, 2.75) is 25.8 Å². The Balaban J connectivity index is 1.76. The zero-order chi connectivity index (χ0) is 18.7. The summed E-state index contributed by atoms with van der Waals surface area (Å²) in [5.74, 6) is -0.385. The summed E-state index contributed by atoms with van der Waals surface area (Å²) in [5, 5.41) is 3.28. The molecule has 4 nitrogen and oxygen atoms in total. The molecule has 138 valence electrons. The smallest absolute Gasteiger partial charge is 0.411 e. The van der Waals surface area contributed by atoms with Crippen molar-refractivity contribution in [2.75, 3.05) is 25.5 Å². The molecule has 26 heavy (non-hydrogen) atoms. The van der Waals surface area contributed by atoms with Crippen LogP contribution in [0.3, 0.4) is 0 Å². The Morgan fingerprint density at radius 1 is 1.35 bits per heavy atom. The summed E-state index contributed by atoms with van der Waals surface area (Å²) < 4.78 is 19.1. The molecule has 0 radical (unpaired) electrons. The first-order valence-corrected chi connectivity index (χ1v) is 9.01. The van der Waals surface area contributed by atoms with Gasteiger partial charge in [0, 0.05) is 16.6 Å². The van der Waals surface area contributed by atoms with Gasteiger partial charge in [-0.15, -0.1) is 0 Å². The molecular weight excluding hydrogens is 355 g/mol. The Bertz CT molecular complexity index is 792. The van der Waals surface area contributed by atoms with Crippen LogP contribution in [0, 0.1) is 12.7 Å². The van der Waals surface area contributed by atoms with E-state index in [4.69, 9.17) is 16.3 Å². The first kappa shape index (κ1) is 18.7. The molecule has 2 aromatic carbocycles. The number of hydrogen-bond donors (Lipinski definition) is 1. The van der Waals surface area contributed by atoms with Crippen LogP contribution in [0.5, 0.6) is 0 Å². The van der Waals surface area contributed by atoms with Crippen molar-refractivity contribution < 1.29 is 13.9 Å². The van der Waals surface area contributed by atoms with Gasteiger partial charge in [0.25, 0.3) is 0 Å². The highest BCUT2D eigenvalue weighted by atomic mass is 35.5. The minimum absolute atomic E-state index is 0.254. The molecule has 2 aromatic rings. The maximum atomic E-state index is 13.8. The maximum Gasteiger partial charge on any atom is 0.411 e. The predicted octanol–water partition coefficient (Wildman–Crippen LogP) is 5.10. The van der Waals surface area contributed by atoms with Crippen molar-refractivity contribution in [1.29, 1.82) is 0 Å². The van der Waals surface area contributed by atoms with E-state index >= 15 is 0 Å². The lowest BCUT2D eigenvalue weighted by Gasteiger charge is -2.19. The van der Waals surface area contributed by atoms with E-state index in [1.165, 1.54) is 18.2 Å². The summed E-state index contributed by atoms with van der Waals surface area (Å²) in [6.07, 6.45) is 1.59. The van der Waals surface area contributed by atoms with Crippen molar-refractivity contribution in [3.63, 3.8) is 0 Å². The highest BCUT2D eigenvalue weighted by molar-refractivity contribution is 6.31. The van der Waals surface area contributed by atoms with E-state index in [0.717, 1.165) is 30.5 Å². The standard InChI is InChI=1S/C20H22ClFN2O2/c1-13-8-14(10-15(21)9-13)18-11-16(22)5-6-19(18)23-20(25)26-12-17-4-3-7-24(17)2/h5-6,8-11,17H,3-4,7,12H2,1-2H3,(H,23,25)/t17-/m0/s1. The van der Waals surface area contributed by atoms with E-state index in [0.29, 0.717) is 22.9 Å². The highest BCUT2D eigenvalue weighted by Crippen LogP contribution is 2.31. The Labute approximate surface area is 157 Å². The topological polar surface area (TPSA) is 41.6 Å². The number of anilines is 1. The average Bonchev–Trinajstić information content (AvgIpc) is 2.99. The number of nitrogens with one attached hydrogen (secondary N) is 1. The van der Waals surface area contributed by atoms with Gasteiger partial charge in [-0.2, -0.15) is 0 Å². The van der Waals surface area contributed by atoms with Crippen LogP contribution in [0.15, 0.2) is 36.4 Å². The molecule has 1 aliphatic heterocycles. The van der Waals surface area contributed by atoms with Gasteiger partial charge < -0.3 is 9.64 Å². The summed E-state index contributed by atoms with van der Waals surface area (Å²) in [5.41, 5.74) is 2.73. The van der Waals surface area contributed by atoms with Gasteiger partial charge in [0.1, 0.15) is 12.4 Å². The first-order chi connectivity index (χ1) is 12.4. The molecule has 1 saturated heterocycles. The number of ether oxygens (including phenoxy) is 1. The molecule has 1 atom stereocenters. The van der Waals surface area contributed by atoms with Crippen LogP contribution < -0.4 is 5.32 Å². The number of likely N-dealkylation sites (tertiary alicyclic amines) is 1. The van der Waals surface area contributed by atoms with Gasteiger partial charge in [0.15, 0.2) is 0 Å². The first-order valence-electron chi connectivity index (χ1n) is 8.63. The summed E-state index contributed by atoms with van der Waals surface area (Å²) in [4.78, 5) is 14.4. The lowest BCUT2D eigenvalue weighted by Crippen LogP contribution is -2.31. The lowest BCUT2D eigenvalue weighted by atomic mass is 10.0. The van der Waals surface area contributed by atoms with Crippen LogP contribution in [-0.2, 0) is 4.74 Å². The Morgan fingerprint density at radius 3 is 2.85 bits per heavy atom. The zero-order valence-corrected chi connectivity index (χ0v) is 15.6. The number of amides is 1. The second-order valence-corrected chi connectivity index (χ2v) is 7.14. The Hall–Kier alpha value is -2.11. The monoisotopic (exact) mass is 376 g/mol. The molecule has 0 spiro atoms. The van der Waals surface area contributed by atoms with E-state index in [9.17, 15) is 9.18 Å². The molecule has 3 rings (SSSR count). The minimum atomic E-state index is -0.545. The van der Waals surface area contributed by atoms with Crippen LogP contribution in [0.4, 0.5) is 14.9 Å². The molecule has 1 fully saturated rings. The van der Waals surface area contributed by atoms with E-state index in [1.54, 1.807) is 6.07 Å². The van der Waals surface area contributed by atoms with Crippen LogP contribution in [0.1, 0.15) is 18.4 Å². The van der Waals surface area contributed by atoms with E-state index < -0.39 is 6.09 Å². The largest absolute Gasteiger partial charge is 0.448 e. The predicted molar refractivity (Wildman–Crippen MR) is 102 cm³/mol. The fraction of sp³-hybridized carbons (Fsp3) is 0.350. The van der Waals surface area contributed by atoms with Crippen LogP contribution in [0.2, 0.25) is 5.02 Å². The number of carbonyl (C=O) groups excluding carboxylic acids is 1. The van der Waals surface area contributed by atoms with Crippen LogP contribution in [-0.4, -0.2) is 37.2 Å². The number of likely N-dealkylation sites (N-methyl/N-ethyl adjacent to an activating group) is 1. The molecule has 1 heterocycles. The molecule has 0 aliphatic carbocycles. The van der Waals surface area contributed by atoms with E-state index in [-0.39, 0.29) is 11.9 Å². The Morgan fingerprint density at radius 2 is 2.15 bits per heavy atom.